The van der Waals surface area contributed by atoms with E-state index >= 15 is 0 Å². The van der Waals surface area contributed by atoms with Gasteiger partial charge in [0.2, 0.25) is 0 Å². The molecule has 298 valence electrons. The largest absolute Gasteiger partial charge is 0.469 e. The van der Waals surface area contributed by atoms with Crippen LogP contribution in [0.5, 0.6) is 0 Å². The number of epoxide rings is 1. The van der Waals surface area contributed by atoms with Crippen molar-refractivity contribution in [2.24, 2.45) is 5.92 Å². The number of rotatable bonds is 34. The van der Waals surface area contributed by atoms with E-state index in [1.165, 1.54) is 51.4 Å². The molecular weight excluding hydrogens is 679 g/mol. The van der Waals surface area contributed by atoms with Gasteiger partial charge in [-0.3, -0.25) is 14.1 Å². The maximum atomic E-state index is 12.4. The van der Waals surface area contributed by atoms with Gasteiger partial charge in [-0.05, 0) is 57.3 Å². The lowest BCUT2D eigenvalue weighted by Crippen LogP contribution is -2.29. The molecule has 0 aromatic heterocycles. The van der Waals surface area contributed by atoms with Gasteiger partial charge in [0.15, 0.2) is 6.10 Å². The van der Waals surface area contributed by atoms with E-state index < -0.39 is 32.5 Å². The number of ether oxygens (including phenoxy) is 3. The molecule has 1 rings (SSSR count). The van der Waals surface area contributed by atoms with E-state index in [2.05, 4.69) is 73.9 Å². The predicted molar refractivity (Wildman–Crippen MR) is 211 cm³/mol. The minimum atomic E-state index is -4.77. The first-order chi connectivity index (χ1) is 25.1. The Labute approximate surface area is 315 Å². The Morgan fingerprint density at radius 1 is 0.654 bits per heavy atom. The van der Waals surface area contributed by atoms with Crippen molar-refractivity contribution in [2.75, 3.05) is 13.2 Å². The van der Waals surface area contributed by atoms with Crippen molar-refractivity contribution in [3.63, 3.8) is 0 Å². The molecule has 10 heteroatoms. The normalized spacial score (nSPS) is 17.1. The van der Waals surface area contributed by atoms with E-state index in [1.807, 2.05) is 12.2 Å². The molecule has 0 bridgehead atoms. The number of esters is 2. The predicted octanol–water partition coefficient (Wildman–Crippen LogP) is 11.0. The molecule has 0 aromatic carbocycles. The van der Waals surface area contributed by atoms with Crippen LogP contribution in [0.25, 0.3) is 0 Å². The number of hydrogen-bond donors (Lipinski definition) is 2. The molecule has 1 aliphatic rings. The highest BCUT2D eigenvalue weighted by Gasteiger charge is 2.35. The van der Waals surface area contributed by atoms with Crippen LogP contribution in [0.3, 0.4) is 0 Å². The van der Waals surface area contributed by atoms with E-state index in [0.29, 0.717) is 25.0 Å². The summed E-state index contributed by atoms with van der Waals surface area (Å²) >= 11 is 0. The summed E-state index contributed by atoms with van der Waals surface area (Å²) in [5, 5.41) is 0. The average molecular weight is 751 g/mol. The zero-order chi connectivity index (χ0) is 38.1. The SMILES string of the molecule is CC/C=C\CC1OC1C/C=C\C/C=C\C/C=C\C/C=C\CCC(=O)OC[C@H](COP(=O)(O)O)OC(=O)CCCCCCCCCCCCCC(C)C. The number of carbonyl (C=O) groups is 2. The lowest BCUT2D eigenvalue weighted by atomic mass is 10.0. The first-order valence-corrected chi connectivity index (χ1v) is 21.6. The fraction of sp³-hybridized carbons (Fsp3) is 0.714. The van der Waals surface area contributed by atoms with Crippen molar-refractivity contribution in [3.8, 4) is 0 Å². The highest BCUT2D eigenvalue weighted by molar-refractivity contribution is 7.46. The topological polar surface area (TPSA) is 132 Å². The first kappa shape index (κ1) is 47.7. The molecule has 0 radical (unpaired) electrons. The lowest BCUT2D eigenvalue weighted by molar-refractivity contribution is -0.161. The van der Waals surface area contributed by atoms with Gasteiger partial charge >= 0.3 is 19.8 Å². The molecule has 1 fully saturated rings. The molecule has 2 unspecified atom stereocenters. The molecule has 0 aromatic rings. The van der Waals surface area contributed by atoms with Gasteiger partial charge in [0, 0.05) is 12.8 Å². The average Bonchev–Trinajstić information content (AvgIpc) is 3.85. The molecule has 3 atom stereocenters. The molecule has 0 spiro atoms. The van der Waals surface area contributed by atoms with Gasteiger partial charge in [0.05, 0.1) is 18.8 Å². The van der Waals surface area contributed by atoms with Crippen molar-refractivity contribution in [1.29, 1.82) is 0 Å². The number of carbonyl (C=O) groups excluding carboxylic acids is 2. The van der Waals surface area contributed by atoms with E-state index in [1.54, 1.807) is 0 Å². The second-order valence-electron chi connectivity index (χ2n) is 14.1. The molecule has 9 nitrogen and oxygen atoms in total. The molecule has 0 aliphatic carbocycles. The van der Waals surface area contributed by atoms with Crippen LogP contribution in [0.1, 0.15) is 156 Å². The van der Waals surface area contributed by atoms with Crippen LogP contribution in [0, 0.1) is 5.92 Å². The standard InChI is InChI=1S/C42H71O9P/c1-4-5-25-31-39-40(51-39)32-27-22-18-14-10-6-7-11-15-19-23-28-33-41(43)48-35-38(36-49-52(45,46)47)50-42(44)34-29-24-20-16-12-8-9-13-17-21-26-30-37(2)3/h5,7,10-11,14,19,22-23,25,27,37-40H,4,6,8-9,12-13,15-18,20-21,24,26,28-36H2,1-3H3,(H2,45,46,47)/b11-7-,14-10-,23-19-,25-5-,27-22-/t38-,39?,40?/m1/s1. The van der Waals surface area contributed by atoms with Crippen molar-refractivity contribution in [1.82, 2.24) is 0 Å². The lowest BCUT2D eigenvalue weighted by Gasteiger charge is -2.18. The third-order valence-corrected chi connectivity index (χ3v) is 9.13. The summed E-state index contributed by atoms with van der Waals surface area (Å²) in [5.74, 6) is -0.189. The monoisotopic (exact) mass is 750 g/mol. The van der Waals surface area contributed by atoms with E-state index in [0.717, 1.165) is 63.7 Å². The van der Waals surface area contributed by atoms with Crippen LogP contribution in [0.4, 0.5) is 0 Å². The fourth-order valence-electron chi connectivity index (χ4n) is 5.57. The molecule has 0 saturated carbocycles. The zero-order valence-electron chi connectivity index (χ0n) is 32.5. The second kappa shape index (κ2) is 32.2. The minimum Gasteiger partial charge on any atom is -0.462 e. The fourth-order valence-corrected chi connectivity index (χ4v) is 5.93. The molecule has 0 amide bonds. The van der Waals surface area contributed by atoms with Crippen LogP contribution in [0.2, 0.25) is 0 Å². The smallest absolute Gasteiger partial charge is 0.462 e. The first-order valence-electron chi connectivity index (χ1n) is 20.1. The Morgan fingerprint density at radius 2 is 1.15 bits per heavy atom. The molecule has 1 saturated heterocycles. The maximum absolute atomic E-state index is 12.4. The minimum absolute atomic E-state index is 0.137. The Hall–Kier alpha value is -2.29. The number of phosphoric acid groups is 1. The van der Waals surface area contributed by atoms with Crippen LogP contribution >= 0.6 is 7.82 Å². The highest BCUT2D eigenvalue weighted by atomic mass is 31.2. The van der Waals surface area contributed by atoms with Gasteiger partial charge in [0.25, 0.3) is 0 Å². The number of allylic oxidation sites excluding steroid dienone is 8. The number of hydrogen-bond acceptors (Lipinski definition) is 7. The van der Waals surface area contributed by atoms with Crippen molar-refractivity contribution < 1.29 is 42.7 Å². The molecule has 1 aliphatic heterocycles. The van der Waals surface area contributed by atoms with Gasteiger partial charge in [0.1, 0.15) is 6.61 Å². The molecule has 1 heterocycles. The van der Waals surface area contributed by atoms with Gasteiger partial charge < -0.3 is 24.0 Å². The van der Waals surface area contributed by atoms with Gasteiger partial charge in [-0.2, -0.15) is 0 Å². The van der Waals surface area contributed by atoms with Crippen LogP contribution < -0.4 is 0 Å². The van der Waals surface area contributed by atoms with Crippen molar-refractivity contribution in [3.05, 3.63) is 60.8 Å². The van der Waals surface area contributed by atoms with E-state index in [-0.39, 0.29) is 19.4 Å². The Kier molecular flexibility index (Phi) is 29.5. The summed E-state index contributed by atoms with van der Waals surface area (Å²) in [5.41, 5.74) is 0. The zero-order valence-corrected chi connectivity index (χ0v) is 33.4. The van der Waals surface area contributed by atoms with Gasteiger partial charge in [-0.1, -0.05) is 152 Å². The maximum Gasteiger partial charge on any atom is 0.469 e. The molecule has 52 heavy (non-hydrogen) atoms. The Morgan fingerprint density at radius 3 is 1.69 bits per heavy atom. The molecule has 2 N–H and O–H groups in total. The molecular formula is C42H71O9P. The summed E-state index contributed by atoms with van der Waals surface area (Å²) in [6.45, 7) is 5.80. The summed E-state index contributed by atoms with van der Waals surface area (Å²) < 4.78 is 31.9. The van der Waals surface area contributed by atoms with Crippen LogP contribution in [0.15, 0.2) is 60.8 Å². The summed E-state index contributed by atoms with van der Waals surface area (Å²) in [4.78, 5) is 42.8. The number of phosphoric ester groups is 1. The summed E-state index contributed by atoms with van der Waals surface area (Å²) in [7, 11) is -4.77. The second-order valence-corrected chi connectivity index (χ2v) is 15.3. The van der Waals surface area contributed by atoms with E-state index in [9.17, 15) is 14.2 Å². The van der Waals surface area contributed by atoms with E-state index in [4.69, 9.17) is 24.0 Å². The highest BCUT2D eigenvalue weighted by Crippen LogP contribution is 2.36. The van der Waals surface area contributed by atoms with Crippen LogP contribution in [-0.2, 0) is 32.9 Å². The van der Waals surface area contributed by atoms with Crippen molar-refractivity contribution in [2.45, 2.75) is 174 Å². The quantitative estimate of drug-likeness (QED) is 0.0217. The van der Waals surface area contributed by atoms with Crippen molar-refractivity contribution >= 4 is 19.8 Å². The van der Waals surface area contributed by atoms with Gasteiger partial charge in [-0.25, -0.2) is 4.57 Å². The third-order valence-electron chi connectivity index (χ3n) is 8.64. The summed E-state index contributed by atoms with van der Waals surface area (Å²) in [6, 6.07) is 0. The Balaban J connectivity index is 2.12. The third kappa shape index (κ3) is 32.4. The Bertz CT molecular complexity index is 1100. The van der Waals surface area contributed by atoms with Gasteiger partial charge in [-0.15, -0.1) is 0 Å². The summed E-state index contributed by atoms with van der Waals surface area (Å²) in [6.07, 6.45) is 41.4. The van der Waals surface area contributed by atoms with Crippen LogP contribution in [-0.4, -0.2) is 53.3 Å². The number of unbranched alkanes of at least 4 members (excludes halogenated alkanes) is 10.